The average molecular weight is 345 g/mol. The van der Waals surface area contributed by atoms with Gasteiger partial charge in [0.25, 0.3) is 5.91 Å². The van der Waals surface area contributed by atoms with Crippen LogP contribution in [0.3, 0.4) is 0 Å². The Hall–Kier alpha value is -2.20. The fourth-order valence-corrected chi connectivity index (χ4v) is 3.14. The van der Waals surface area contributed by atoms with Crippen LogP contribution in [-0.4, -0.2) is 37.6 Å². The Labute approximate surface area is 147 Å². The molecule has 0 fully saturated rings. The minimum Gasteiger partial charge on any atom is -0.483 e. The Morgan fingerprint density at radius 1 is 1.21 bits per heavy atom. The first-order valence-electron chi connectivity index (χ1n) is 8.00. The zero-order valence-corrected chi connectivity index (χ0v) is 14.7. The molecule has 1 aliphatic rings. The highest BCUT2D eigenvalue weighted by Gasteiger charge is 2.21. The predicted molar refractivity (Wildman–Crippen MR) is 96.8 cm³/mol. The highest BCUT2D eigenvalue weighted by atomic mass is 35.5. The number of ether oxygens (including phenoxy) is 1. The zero-order chi connectivity index (χ0) is 17.1. The number of hydrogen-bond donors (Lipinski definition) is 0. The number of carbonyl (C=O) groups is 1. The van der Waals surface area contributed by atoms with Crippen LogP contribution >= 0.6 is 11.6 Å². The molecular weight excluding hydrogens is 324 g/mol. The Bertz CT molecular complexity index is 748. The number of aryl methyl sites for hydroxylation is 1. The van der Waals surface area contributed by atoms with Crippen molar-refractivity contribution in [2.75, 3.05) is 31.6 Å². The molecule has 0 aromatic heterocycles. The van der Waals surface area contributed by atoms with Crippen molar-refractivity contribution in [3.05, 3.63) is 58.6 Å². The van der Waals surface area contributed by atoms with E-state index in [0.717, 1.165) is 17.7 Å². The number of halogens is 1. The van der Waals surface area contributed by atoms with E-state index in [2.05, 4.69) is 24.1 Å². The molecule has 5 heteroatoms. The predicted octanol–water partition coefficient (Wildman–Crippen LogP) is 3.51. The molecule has 0 saturated carbocycles. The van der Waals surface area contributed by atoms with Crippen molar-refractivity contribution < 1.29 is 9.53 Å². The van der Waals surface area contributed by atoms with E-state index in [1.807, 2.05) is 30.0 Å². The molecule has 2 aromatic carbocycles. The number of amides is 1. The van der Waals surface area contributed by atoms with Gasteiger partial charge >= 0.3 is 0 Å². The van der Waals surface area contributed by atoms with Gasteiger partial charge in [-0.25, -0.2) is 0 Å². The zero-order valence-electron chi connectivity index (χ0n) is 14.0. The number of carbonyl (C=O) groups excluding carboxylic acids is 1. The van der Waals surface area contributed by atoms with Crippen molar-refractivity contribution in [2.24, 2.45) is 0 Å². The standard InChI is InChI=1S/C19H21ClN2O2/c1-14-11-16(20)7-8-18(14)24-13-19(23)22-10-9-21(2)17-6-4-3-5-15(17)12-22/h3-8,11H,9-10,12-13H2,1-2H3. The van der Waals surface area contributed by atoms with Crippen molar-refractivity contribution in [1.82, 2.24) is 4.90 Å². The second-order valence-electron chi connectivity index (χ2n) is 6.06. The normalized spacial score (nSPS) is 14.1. The van der Waals surface area contributed by atoms with Crippen LogP contribution in [0, 0.1) is 6.92 Å². The molecule has 0 bridgehead atoms. The lowest BCUT2D eigenvalue weighted by Gasteiger charge is -2.21. The van der Waals surface area contributed by atoms with Crippen LogP contribution in [0.2, 0.25) is 5.02 Å². The number of fused-ring (bicyclic) bond motifs is 1. The van der Waals surface area contributed by atoms with Crippen molar-refractivity contribution in [1.29, 1.82) is 0 Å². The van der Waals surface area contributed by atoms with Gasteiger partial charge in [0.05, 0.1) is 0 Å². The van der Waals surface area contributed by atoms with Crippen LogP contribution < -0.4 is 9.64 Å². The first-order chi connectivity index (χ1) is 11.5. The second kappa shape index (κ2) is 7.14. The maximum atomic E-state index is 12.6. The van der Waals surface area contributed by atoms with Gasteiger partial charge in [-0.15, -0.1) is 0 Å². The SMILES string of the molecule is Cc1cc(Cl)ccc1OCC(=O)N1CCN(C)c2ccccc2C1. The van der Waals surface area contributed by atoms with Crippen molar-refractivity contribution in [3.63, 3.8) is 0 Å². The smallest absolute Gasteiger partial charge is 0.260 e. The number of nitrogens with zero attached hydrogens (tertiary/aromatic N) is 2. The summed E-state index contributed by atoms with van der Waals surface area (Å²) in [5.74, 6) is 0.689. The largest absolute Gasteiger partial charge is 0.483 e. The molecule has 0 saturated heterocycles. The molecule has 0 atom stereocenters. The fourth-order valence-electron chi connectivity index (χ4n) is 2.91. The molecule has 0 N–H and O–H groups in total. The van der Waals surface area contributed by atoms with Gasteiger partial charge in [0.15, 0.2) is 6.61 Å². The van der Waals surface area contributed by atoms with Gasteiger partial charge < -0.3 is 14.5 Å². The quantitative estimate of drug-likeness (QED) is 0.854. The summed E-state index contributed by atoms with van der Waals surface area (Å²) in [7, 11) is 2.06. The van der Waals surface area contributed by atoms with Gasteiger partial charge in [-0.1, -0.05) is 29.8 Å². The average Bonchev–Trinajstić information content (AvgIpc) is 2.73. The minimum absolute atomic E-state index is 0.00514. The number of hydrogen-bond acceptors (Lipinski definition) is 3. The molecule has 0 spiro atoms. The summed E-state index contributed by atoms with van der Waals surface area (Å²) in [5, 5.41) is 0.665. The summed E-state index contributed by atoms with van der Waals surface area (Å²) in [4.78, 5) is 16.6. The minimum atomic E-state index is -0.00514. The van der Waals surface area contributed by atoms with E-state index in [0.29, 0.717) is 23.9 Å². The first kappa shape index (κ1) is 16.7. The topological polar surface area (TPSA) is 32.8 Å². The summed E-state index contributed by atoms with van der Waals surface area (Å²) >= 11 is 5.95. The molecule has 1 aliphatic heterocycles. The van der Waals surface area contributed by atoms with E-state index in [9.17, 15) is 4.79 Å². The highest BCUT2D eigenvalue weighted by Crippen LogP contribution is 2.24. The third-order valence-electron chi connectivity index (χ3n) is 4.31. The number of likely N-dealkylation sites (N-methyl/N-ethyl adjacent to an activating group) is 1. The van der Waals surface area contributed by atoms with Crippen LogP contribution in [0.25, 0.3) is 0 Å². The molecule has 2 aromatic rings. The van der Waals surface area contributed by atoms with Gasteiger partial charge in [0.1, 0.15) is 5.75 Å². The van der Waals surface area contributed by atoms with E-state index < -0.39 is 0 Å². The molecule has 0 unspecified atom stereocenters. The molecular formula is C19H21ClN2O2. The summed E-state index contributed by atoms with van der Waals surface area (Å²) < 4.78 is 5.70. The number of rotatable bonds is 3. The Morgan fingerprint density at radius 2 is 2.00 bits per heavy atom. The summed E-state index contributed by atoms with van der Waals surface area (Å²) in [6, 6.07) is 13.6. The number of benzene rings is 2. The van der Waals surface area contributed by atoms with Crippen LogP contribution in [0.4, 0.5) is 5.69 Å². The summed E-state index contributed by atoms with van der Waals surface area (Å²) in [5.41, 5.74) is 3.27. The number of anilines is 1. The molecule has 3 rings (SSSR count). The van der Waals surface area contributed by atoms with E-state index in [1.54, 1.807) is 12.1 Å². The van der Waals surface area contributed by atoms with E-state index in [1.165, 1.54) is 5.69 Å². The Balaban J connectivity index is 1.67. The molecule has 1 heterocycles. The first-order valence-corrected chi connectivity index (χ1v) is 8.38. The fraction of sp³-hybridized carbons (Fsp3) is 0.316. The lowest BCUT2D eigenvalue weighted by atomic mass is 10.1. The monoisotopic (exact) mass is 344 g/mol. The van der Waals surface area contributed by atoms with E-state index in [4.69, 9.17) is 16.3 Å². The van der Waals surface area contributed by atoms with E-state index >= 15 is 0 Å². The molecule has 24 heavy (non-hydrogen) atoms. The van der Waals surface area contributed by atoms with Crippen molar-refractivity contribution in [3.8, 4) is 5.75 Å². The lowest BCUT2D eigenvalue weighted by Crippen LogP contribution is -2.37. The second-order valence-corrected chi connectivity index (χ2v) is 6.50. The lowest BCUT2D eigenvalue weighted by molar-refractivity contribution is -0.133. The van der Waals surface area contributed by atoms with Gasteiger partial charge in [-0.3, -0.25) is 4.79 Å². The van der Waals surface area contributed by atoms with Gasteiger partial charge in [-0.2, -0.15) is 0 Å². The Kier molecular flexibility index (Phi) is 4.95. The van der Waals surface area contributed by atoms with Crippen LogP contribution in [-0.2, 0) is 11.3 Å². The van der Waals surface area contributed by atoms with Gasteiger partial charge in [-0.05, 0) is 42.3 Å². The van der Waals surface area contributed by atoms with Gasteiger partial charge in [0, 0.05) is 37.4 Å². The maximum absolute atomic E-state index is 12.6. The maximum Gasteiger partial charge on any atom is 0.260 e. The molecule has 0 radical (unpaired) electrons. The molecule has 4 nitrogen and oxygen atoms in total. The van der Waals surface area contributed by atoms with Crippen molar-refractivity contribution in [2.45, 2.75) is 13.5 Å². The van der Waals surface area contributed by atoms with Gasteiger partial charge in [0.2, 0.25) is 0 Å². The summed E-state index contributed by atoms with van der Waals surface area (Å²) in [6.07, 6.45) is 0. The van der Waals surface area contributed by atoms with Crippen LogP contribution in [0.1, 0.15) is 11.1 Å². The van der Waals surface area contributed by atoms with E-state index in [-0.39, 0.29) is 12.5 Å². The molecule has 1 amide bonds. The highest BCUT2D eigenvalue weighted by molar-refractivity contribution is 6.30. The number of para-hydroxylation sites is 1. The Morgan fingerprint density at radius 3 is 2.79 bits per heavy atom. The van der Waals surface area contributed by atoms with Crippen LogP contribution in [0.15, 0.2) is 42.5 Å². The van der Waals surface area contributed by atoms with Crippen molar-refractivity contribution >= 4 is 23.2 Å². The molecule has 0 aliphatic carbocycles. The summed E-state index contributed by atoms with van der Waals surface area (Å²) in [6.45, 7) is 4.06. The molecule has 126 valence electrons. The third-order valence-corrected chi connectivity index (χ3v) is 4.55. The van der Waals surface area contributed by atoms with Crippen LogP contribution in [0.5, 0.6) is 5.75 Å². The third kappa shape index (κ3) is 3.65.